The maximum atomic E-state index is 8.49. The predicted molar refractivity (Wildman–Crippen MR) is 112 cm³/mol. The van der Waals surface area contributed by atoms with Crippen LogP contribution in [0.15, 0.2) is 78.7 Å². The number of nitrogens with zero attached hydrogens (tertiary/aromatic N) is 3. The quantitative estimate of drug-likeness (QED) is 0.358. The Morgan fingerprint density at radius 2 is 1.08 bits per heavy atom. The molecule has 0 saturated heterocycles. The van der Waals surface area contributed by atoms with E-state index in [1.165, 1.54) is 33.7 Å². The van der Waals surface area contributed by atoms with Crippen molar-refractivity contribution in [3.05, 3.63) is 89.8 Å². The number of hydrogen-bond donors (Lipinski definition) is 1. The molecular weight excluding hydrogens is 519 g/mol. The largest absolute Gasteiger partial charge is 0.378 e. The Morgan fingerprint density at radius 1 is 0.694 bits per heavy atom. The van der Waals surface area contributed by atoms with Crippen molar-refractivity contribution >= 4 is 17.0 Å². The smallest absolute Gasteiger partial charge is 0.199 e. The molecule has 2 aromatic rings. The molecule has 1 aromatic carbocycles. The van der Waals surface area contributed by atoms with Crippen molar-refractivity contribution in [1.29, 1.82) is 0 Å². The third-order valence-electron chi connectivity index (χ3n) is 4.31. The monoisotopic (exact) mass is 546 g/mol. The van der Waals surface area contributed by atoms with Gasteiger partial charge in [-0.05, 0) is 58.7 Å². The van der Waals surface area contributed by atoms with Crippen LogP contribution in [-0.4, -0.2) is 43.5 Å². The molecule has 0 amide bonds. The van der Waals surface area contributed by atoms with Crippen LogP contribution in [0.4, 0.5) is 5.69 Å². The summed E-state index contributed by atoms with van der Waals surface area (Å²) in [7, 11) is -1.66. The Morgan fingerprint density at radius 3 is 1.44 bits per heavy atom. The molecule has 3 rings (SSSR count). The van der Waals surface area contributed by atoms with Gasteiger partial charge in [-0.1, -0.05) is 12.1 Å². The van der Waals surface area contributed by atoms with Crippen LogP contribution in [0.3, 0.4) is 0 Å². The van der Waals surface area contributed by atoms with Gasteiger partial charge in [0.25, 0.3) is 0 Å². The van der Waals surface area contributed by atoms with Crippen molar-refractivity contribution in [2.75, 3.05) is 33.1 Å². The highest BCUT2D eigenvalue weighted by molar-refractivity contribution is 6.03. The third kappa shape index (κ3) is 14.0. The number of aromatic nitrogens is 1. The van der Waals surface area contributed by atoms with Gasteiger partial charge >= 0.3 is 0 Å². The molecule has 4 N–H and O–H groups in total. The summed E-state index contributed by atoms with van der Waals surface area (Å²) in [5, 5.41) is 0. The molecule has 1 heterocycles. The van der Waals surface area contributed by atoms with Gasteiger partial charge in [0.15, 0.2) is 5.71 Å². The van der Waals surface area contributed by atoms with Crippen LogP contribution in [0, 0.1) is 20.5 Å². The molecule has 0 radical (unpaired) electrons. The Bertz CT molecular complexity index is 1030. The highest BCUT2D eigenvalue weighted by atomic mass is 35.7. The minimum atomic E-state index is -4.94. The van der Waals surface area contributed by atoms with Crippen molar-refractivity contribution in [3.63, 3.8) is 0 Å². The molecule has 0 fully saturated rings. The molecule has 1 aliphatic rings. The van der Waals surface area contributed by atoms with Crippen molar-refractivity contribution in [2.24, 2.45) is 0 Å². The maximum absolute atomic E-state index is 8.49. The van der Waals surface area contributed by atoms with Gasteiger partial charge in [0, 0.05) is 44.3 Å². The van der Waals surface area contributed by atoms with Crippen LogP contribution in [0.2, 0.25) is 0 Å². The number of pyridine rings is 1. The van der Waals surface area contributed by atoms with Gasteiger partial charge in [0.05, 0.1) is 0 Å². The van der Waals surface area contributed by atoms with Gasteiger partial charge in [-0.15, -0.1) is 20.5 Å². The molecule has 198 valence electrons. The summed E-state index contributed by atoms with van der Waals surface area (Å²) in [4.78, 5) is 6.28. The highest BCUT2D eigenvalue weighted by Crippen LogP contribution is 2.30. The Balaban J connectivity index is 0.000000949. The molecular formula is C22H28Cl2N4O8. The number of rotatable bonds is 3. The number of allylic oxidation sites excluding steroid dienone is 5. The number of hydrogen-bond acceptors (Lipinski definition) is 10. The van der Waals surface area contributed by atoms with Gasteiger partial charge in [-0.2, -0.15) is 0 Å². The van der Waals surface area contributed by atoms with Crippen LogP contribution in [0.5, 0.6) is 0 Å². The van der Waals surface area contributed by atoms with E-state index in [1.54, 1.807) is 0 Å². The van der Waals surface area contributed by atoms with E-state index in [-0.39, 0.29) is 6.15 Å². The summed E-state index contributed by atoms with van der Waals surface area (Å²) in [6, 6.07) is 12.8. The maximum Gasteiger partial charge on any atom is 0.199 e. The lowest BCUT2D eigenvalue weighted by atomic mass is 9.91. The van der Waals surface area contributed by atoms with E-state index >= 15 is 0 Å². The van der Waals surface area contributed by atoms with Crippen LogP contribution in [0.25, 0.3) is 5.57 Å². The van der Waals surface area contributed by atoms with E-state index in [0.717, 1.165) is 0 Å². The molecule has 12 nitrogen and oxygen atoms in total. The van der Waals surface area contributed by atoms with Crippen molar-refractivity contribution in [2.45, 2.75) is 0 Å². The first-order valence-electron chi connectivity index (χ1n) is 9.62. The summed E-state index contributed by atoms with van der Waals surface area (Å²) in [5.41, 5.74) is 7.19. The van der Waals surface area contributed by atoms with Crippen molar-refractivity contribution in [3.8, 4) is 0 Å². The SMILES string of the molecule is CN(C)c1ccc(C(=C2C=CC(=[N+](C)C)C=C2)c2ccncc2)cc1.[NH4+].[O-][Cl+3]([O-])([O-])[O-].[O-][Cl+3]([O-])([O-])[O-]. The van der Waals surface area contributed by atoms with Gasteiger partial charge in [0.1, 0.15) is 14.1 Å². The summed E-state index contributed by atoms with van der Waals surface area (Å²) in [5.74, 6) is 0. The molecule has 0 aliphatic heterocycles. The molecule has 36 heavy (non-hydrogen) atoms. The van der Waals surface area contributed by atoms with Crippen LogP contribution >= 0.6 is 0 Å². The zero-order valence-electron chi connectivity index (χ0n) is 20.3. The zero-order valence-corrected chi connectivity index (χ0v) is 21.8. The summed E-state index contributed by atoms with van der Waals surface area (Å²) < 4.78 is 70.1. The highest BCUT2D eigenvalue weighted by Gasteiger charge is 2.13. The van der Waals surface area contributed by atoms with E-state index in [4.69, 9.17) is 37.3 Å². The number of anilines is 1. The normalized spacial score (nSPS) is 12.4. The molecule has 0 unspecified atom stereocenters. The van der Waals surface area contributed by atoms with Gasteiger partial charge < -0.3 is 11.1 Å². The average molecular weight is 547 g/mol. The molecule has 0 saturated carbocycles. The zero-order chi connectivity index (χ0) is 26.8. The van der Waals surface area contributed by atoms with E-state index in [0.29, 0.717) is 0 Å². The van der Waals surface area contributed by atoms with E-state index in [2.05, 4.69) is 103 Å². The van der Waals surface area contributed by atoms with Crippen LogP contribution in [-0.2, 0) is 0 Å². The fraction of sp³-hybridized carbons (Fsp3) is 0.182. The first-order valence-corrected chi connectivity index (χ1v) is 12.1. The lowest BCUT2D eigenvalue weighted by Crippen LogP contribution is -2.68. The lowest BCUT2D eigenvalue weighted by molar-refractivity contribution is -2.00. The number of halogens is 2. The standard InChI is InChI=1S/C22H24N3.2ClHO4.H3N/c1-24(2)20-9-5-17(6-10-20)22(19-13-15-23-16-14-19)18-7-11-21(12-8-18)25(3)4;2*2-1(3,4)5;/h5-16H,1-4H3;2*(H,2,3,4,5);1H3/q+1;;;/p-1. The fourth-order valence-corrected chi connectivity index (χ4v) is 2.87. The van der Waals surface area contributed by atoms with Gasteiger partial charge in [-0.25, -0.2) is 41.8 Å². The van der Waals surface area contributed by atoms with E-state index < -0.39 is 20.5 Å². The first kappa shape index (κ1) is 33.3. The van der Waals surface area contributed by atoms with Gasteiger partial charge in [0.2, 0.25) is 0 Å². The predicted octanol–water partition coefficient (Wildman–Crippen LogP) is -5.35. The van der Waals surface area contributed by atoms with Crippen LogP contribution in [0.1, 0.15) is 11.1 Å². The lowest BCUT2D eigenvalue weighted by Gasteiger charge is -2.17. The number of benzene rings is 1. The molecule has 1 aliphatic carbocycles. The molecule has 1 aromatic heterocycles. The van der Waals surface area contributed by atoms with E-state index in [1.807, 2.05) is 12.4 Å². The second-order valence-corrected chi connectivity index (χ2v) is 8.76. The summed E-state index contributed by atoms with van der Waals surface area (Å²) in [6.07, 6.45) is 12.4. The Hall–Kier alpha value is -2.72. The molecule has 0 spiro atoms. The van der Waals surface area contributed by atoms with Crippen LogP contribution < -0.4 is 48.3 Å². The minimum absolute atomic E-state index is 0. The van der Waals surface area contributed by atoms with E-state index in [9.17, 15) is 0 Å². The second-order valence-electron chi connectivity index (χ2n) is 7.25. The molecule has 14 heteroatoms. The summed E-state index contributed by atoms with van der Waals surface area (Å²) in [6.45, 7) is 0. The summed E-state index contributed by atoms with van der Waals surface area (Å²) >= 11 is 0. The molecule has 0 atom stereocenters. The first-order chi connectivity index (χ1) is 16.1. The third-order valence-corrected chi connectivity index (χ3v) is 4.31. The topological polar surface area (TPSA) is 240 Å². The number of quaternary nitrogens is 1. The average Bonchev–Trinajstić information content (AvgIpc) is 2.73. The molecule has 0 bridgehead atoms. The Labute approximate surface area is 213 Å². The minimum Gasteiger partial charge on any atom is -0.378 e. The fourth-order valence-electron chi connectivity index (χ4n) is 2.87. The van der Waals surface area contributed by atoms with Gasteiger partial charge in [-0.3, -0.25) is 4.98 Å². The van der Waals surface area contributed by atoms with Crippen molar-refractivity contribution < 1.29 is 62.3 Å². The van der Waals surface area contributed by atoms with Crippen molar-refractivity contribution in [1.82, 2.24) is 11.1 Å². The second kappa shape index (κ2) is 14.7. The Kier molecular flexibility index (Phi) is 13.6.